The van der Waals surface area contributed by atoms with Crippen molar-refractivity contribution < 1.29 is 9.53 Å². The minimum Gasteiger partial charge on any atom is -0.443 e. The second-order valence-electron chi connectivity index (χ2n) is 6.07. The lowest BCUT2D eigenvalue weighted by Gasteiger charge is -2.29. The Kier molecular flexibility index (Phi) is 5.71. The number of halogens is 2. The Morgan fingerprint density at radius 2 is 1.87 bits per heavy atom. The lowest BCUT2D eigenvalue weighted by Crippen LogP contribution is -2.40. The monoisotopic (exact) mass is 395 g/mol. The van der Waals surface area contributed by atoms with Crippen LogP contribution in [0, 0.1) is 0 Å². The molecule has 0 radical (unpaired) electrons. The van der Waals surface area contributed by atoms with Crippen molar-refractivity contribution in [1.29, 1.82) is 0 Å². The highest BCUT2D eigenvalue weighted by atomic mass is 79.9. The summed E-state index contributed by atoms with van der Waals surface area (Å²) >= 11 is 9.14. The number of ether oxygens (including phenoxy) is 1. The highest BCUT2D eigenvalue weighted by molar-refractivity contribution is 9.09. The third-order valence-corrected chi connectivity index (χ3v) is 3.94. The predicted octanol–water partition coefficient (Wildman–Crippen LogP) is 6.05. The van der Waals surface area contributed by atoms with Crippen LogP contribution in [-0.4, -0.2) is 16.6 Å². The van der Waals surface area contributed by atoms with Crippen LogP contribution >= 0.6 is 27.5 Å². The molecule has 0 heterocycles. The van der Waals surface area contributed by atoms with Crippen molar-refractivity contribution in [3.05, 3.63) is 54.1 Å². The van der Waals surface area contributed by atoms with Gasteiger partial charge in [0, 0.05) is 11.2 Å². The summed E-state index contributed by atoms with van der Waals surface area (Å²) in [5.74, 6) is 0. The number of amides is 1. The molecule has 3 nitrogen and oxygen atoms in total. The van der Waals surface area contributed by atoms with Crippen LogP contribution < -0.4 is 4.90 Å². The first-order valence-corrected chi connectivity index (χ1v) is 8.59. The average molecular weight is 397 g/mol. The first kappa shape index (κ1) is 17.8. The summed E-state index contributed by atoms with van der Waals surface area (Å²) < 4.78 is 5.51. The molecule has 1 amide bonds. The van der Waals surface area contributed by atoms with Crippen molar-refractivity contribution in [2.24, 2.45) is 0 Å². The van der Waals surface area contributed by atoms with Gasteiger partial charge in [-0.2, -0.15) is 0 Å². The SMILES string of the molecule is CC(C)(C)OC(=O)N(c1ccc2ccccc2c1)C(Br)C=CCl. The summed E-state index contributed by atoms with van der Waals surface area (Å²) in [5, 5.41) is 2.16. The van der Waals surface area contributed by atoms with Crippen LogP contribution in [0.3, 0.4) is 0 Å². The third kappa shape index (κ3) is 4.72. The van der Waals surface area contributed by atoms with Crippen LogP contribution in [0.1, 0.15) is 20.8 Å². The molecular formula is C18H19BrClNO2. The maximum absolute atomic E-state index is 12.6. The van der Waals surface area contributed by atoms with Gasteiger partial charge in [0.25, 0.3) is 0 Å². The molecule has 0 aliphatic carbocycles. The normalized spacial score (nSPS) is 13.3. The van der Waals surface area contributed by atoms with Crippen LogP contribution in [-0.2, 0) is 4.74 Å². The zero-order valence-corrected chi connectivity index (χ0v) is 15.6. The molecule has 0 N–H and O–H groups in total. The smallest absolute Gasteiger partial charge is 0.416 e. The first-order valence-electron chi connectivity index (χ1n) is 7.24. The fourth-order valence-electron chi connectivity index (χ4n) is 2.13. The van der Waals surface area contributed by atoms with E-state index in [9.17, 15) is 4.79 Å². The Bertz CT molecular complexity index is 724. The zero-order chi connectivity index (χ0) is 17.0. The second-order valence-corrected chi connectivity index (χ2v) is 7.26. The number of carbonyl (C=O) groups is 1. The lowest BCUT2D eigenvalue weighted by atomic mass is 10.1. The van der Waals surface area contributed by atoms with Crippen LogP contribution in [0.25, 0.3) is 10.8 Å². The van der Waals surface area contributed by atoms with Gasteiger partial charge < -0.3 is 4.74 Å². The molecular weight excluding hydrogens is 378 g/mol. The standard InChI is InChI=1S/C18H19BrClNO2/c1-18(2,3)23-17(22)21(16(19)10-11-20)15-9-8-13-6-4-5-7-14(13)12-15/h4-12,16H,1-3H3. The maximum Gasteiger partial charge on any atom is 0.416 e. The molecule has 1 atom stereocenters. The zero-order valence-electron chi connectivity index (χ0n) is 13.3. The molecule has 0 saturated heterocycles. The number of rotatable bonds is 3. The number of anilines is 1. The van der Waals surface area contributed by atoms with Gasteiger partial charge in [-0.05, 0) is 49.8 Å². The summed E-state index contributed by atoms with van der Waals surface area (Å²) in [5.41, 5.74) is 1.52. The average Bonchev–Trinajstić information content (AvgIpc) is 2.45. The number of nitrogens with zero attached hydrogens (tertiary/aromatic N) is 1. The highest BCUT2D eigenvalue weighted by Gasteiger charge is 2.27. The topological polar surface area (TPSA) is 29.5 Å². The molecule has 0 aromatic heterocycles. The fourth-order valence-corrected chi connectivity index (χ4v) is 3.00. The van der Waals surface area contributed by atoms with E-state index in [1.54, 1.807) is 6.08 Å². The highest BCUT2D eigenvalue weighted by Crippen LogP contribution is 2.27. The van der Waals surface area contributed by atoms with Crippen LogP contribution in [0.15, 0.2) is 54.1 Å². The van der Waals surface area contributed by atoms with E-state index in [1.165, 1.54) is 10.4 Å². The van der Waals surface area contributed by atoms with E-state index in [4.69, 9.17) is 16.3 Å². The Labute approximate surface area is 150 Å². The molecule has 0 saturated carbocycles. The van der Waals surface area contributed by atoms with E-state index >= 15 is 0 Å². The summed E-state index contributed by atoms with van der Waals surface area (Å²) in [4.78, 5) is 13.7. The largest absolute Gasteiger partial charge is 0.443 e. The lowest BCUT2D eigenvalue weighted by molar-refractivity contribution is 0.0581. The van der Waals surface area contributed by atoms with Crippen molar-refractivity contribution in [2.75, 3.05) is 4.90 Å². The summed E-state index contributed by atoms with van der Waals surface area (Å²) in [6.07, 6.45) is 1.23. The van der Waals surface area contributed by atoms with E-state index < -0.39 is 16.6 Å². The van der Waals surface area contributed by atoms with Crippen molar-refractivity contribution in [3.63, 3.8) is 0 Å². The number of benzene rings is 2. The van der Waals surface area contributed by atoms with Gasteiger partial charge in [-0.3, -0.25) is 4.90 Å². The molecule has 23 heavy (non-hydrogen) atoms. The Balaban J connectivity index is 2.44. The molecule has 0 fully saturated rings. The van der Waals surface area contributed by atoms with Gasteiger partial charge in [0.1, 0.15) is 10.6 Å². The van der Waals surface area contributed by atoms with Crippen molar-refractivity contribution in [3.8, 4) is 0 Å². The summed E-state index contributed by atoms with van der Waals surface area (Å²) in [6.45, 7) is 5.51. The fraction of sp³-hybridized carbons (Fsp3) is 0.278. The Hall–Kier alpha value is -1.52. The molecule has 2 aromatic carbocycles. The van der Waals surface area contributed by atoms with Gasteiger partial charge in [0.05, 0.1) is 0 Å². The molecule has 5 heteroatoms. The van der Waals surface area contributed by atoms with Gasteiger partial charge >= 0.3 is 6.09 Å². The third-order valence-electron chi connectivity index (χ3n) is 3.08. The van der Waals surface area contributed by atoms with E-state index in [0.717, 1.165) is 16.5 Å². The van der Waals surface area contributed by atoms with Crippen LogP contribution in [0.2, 0.25) is 0 Å². The Morgan fingerprint density at radius 3 is 2.48 bits per heavy atom. The van der Waals surface area contributed by atoms with E-state index in [1.807, 2.05) is 63.2 Å². The molecule has 122 valence electrons. The predicted molar refractivity (Wildman–Crippen MR) is 100 cm³/mol. The summed E-state index contributed by atoms with van der Waals surface area (Å²) in [6, 6.07) is 13.8. The molecule has 1 unspecified atom stereocenters. The van der Waals surface area contributed by atoms with E-state index in [2.05, 4.69) is 15.9 Å². The molecule has 0 aliphatic rings. The van der Waals surface area contributed by atoms with Crippen molar-refractivity contribution in [2.45, 2.75) is 31.3 Å². The Morgan fingerprint density at radius 1 is 1.22 bits per heavy atom. The van der Waals surface area contributed by atoms with Gasteiger partial charge in [-0.15, -0.1) is 0 Å². The first-order chi connectivity index (χ1) is 10.8. The van der Waals surface area contributed by atoms with E-state index in [0.29, 0.717) is 0 Å². The molecule has 0 bridgehead atoms. The summed E-state index contributed by atoms with van der Waals surface area (Å²) in [7, 11) is 0. The van der Waals surface area contributed by atoms with Crippen molar-refractivity contribution >= 4 is 50.1 Å². The van der Waals surface area contributed by atoms with Gasteiger partial charge in [0.2, 0.25) is 0 Å². The minimum absolute atomic E-state index is 0.406. The molecule has 2 aromatic rings. The number of fused-ring (bicyclic) bond motifs is 1. The maximum atomic E-state index is 12.6. The molecule has 0 spiro atoms. The number of hydrogen-bond acceptors (Lipinski definition) is 2. The number of hydrogen-bond donors (Lipinski definition) is 0. The van der Waals surface area contributed by atoms with Gasteiger partial charge in [-0.25, -0.2) is 4.79 Å². The van der Waals surface area contributed by atoms with Crippen LogP contribution in [0.4, 0.5) is 10.5 Å². The van der Waals surface area contributed by atoms with Gasteiger partial charge in [0.15, 0.2) is 0 Å². The van der Waals surface area contributed by atoms with Gasteiger partial charge in [-0.1, -0.05) is 57.9 Å². The van der Waals surface area contributed by atoms with Crippen LogP contribution in [0.5, 0.6) is 0 Å². The quantitative estimate of drug-likeness (QED) is 0.466. The molecule has 0 aliphatic heterocycles. The van der Waals surface area contributed by atoms with Crippen molar-refractivity contribution in [1.82, 2.24) is 0 Å². The second kappa shape index (κ2) is 7.37. The number of alkyl halides is 1. The number of carbonyl (C=O) groups excluding carboxylic acids is 1. The minimum atomic E-state index is -0.580. The van der Waals surface area contributed by atoms with E-state index in [-0.39, 0.29) is 0 Å². The molecule has 2 rings (SSSR count).